The topological polar surface area (TPSA) is 71.8 Å². The lowest BCUT2D eigenvalue weighted by Crippen LogP contribution is -1.87. The Morgan fingerprint density at radius 1 is 1.30 bits per heavy atom. The first-order valence-electron chi connectivity index (χ1n) is 5.65. The largest absolute Gasteiger partial charge is 0.338 e. The summed E-state index contributed by atoms with van der Waals surface area (Å²) in [5, 5.41) is 10.9. The fourth-order valence-corrected chi connectivity index (χ4v) is 2.20. The standard InChI is InChI=1S/C13H7ClFN3O2/c14-8-2-1-3-9(15)12(8)13-16-10-5-4-7(18(19)20)6-11(10)17-13/h1-6H,(H,16,17). The Kier molecular flexibility index (Phi) is 2.87. The van der Waals surface area contributed by atoms with Crippen molar-refractivity contribution in [2.45, 2.75) is 0 Å². The van der Waals surface area contributed by atoms with Crippen molar-refractivity contribution < 1.29 is 9.31 Å². The number of halogens is 2. The van der Waals surface area contributed by atoms with Gasteiger partial charge >= 0.3 is 0 Å². The maximum Gasteiger partial charge on any atom is 0.271 e. The van der Waals surface area contributed by atoms with E-state index in [1.54, 1.807) is 6.07 Å². The number of aromatic nitrogens is 2. The number of nitrogens with zero attached hydrogens (tertiary/aromatic N) is 2. The van der Waals surface area contributed by atoms with E-state index in [2.05, 4.69) is 9.97 Å². The molecule has 0 aliphatic carbocycles. The zero-order valence-electron chi connectivity index (χ0n) is 9.93. The predicted octanol–water partition coefficient (Wildman–Crippen LogP) is 3.93. The minimum atomic E-state index is -0.510. The molecule has 20 heavy (non-hydrogen) atoms. The first-order valence-corrected chi connectivity index (χ1v) is 6.02. The Labute approximate surface area is 117 Å². The van der Waals surface area contributed by atoms with Crippen LogP contribution in [0.25, 0.3) is 22.4 Å². The molecule has 1 N–H and O–H groups in total. The van der Waals surface area contributed by atoms with Crippen LogP contribution in [-0.2, 0) is 0 Å². The van der Waals surface area contributed by atoms with Gasteiger partial charge in [0.25, 0.3) is 5.69 Å². The molecule has 0 saturated heterocycles. The third-order valence-electron chi connectivity index (χ3n) is 2.88. The van der Waals surface area contributed by atoms with E-state index in [1.165, 1.54) is 30.3 Å². The van der Waals surface area contributed by atoms with Gasteiger partial charge in [-0.2, -0.15) is 0 Å². The van der Waals surface area contributed by atoms with Crippen molar-refractivity contribution in [3.05, 3.63) is 57.4 Å². The fraction of sp³-hybridized carbons (Fsp3) is 0. The van der Waals surface area contributed by atoms with Gasteiger partial charge in [0, 0.05) is 12.1 Å². The lowest BCUT2D eigenvalue weighted by Gasteiger charge is -2.01. The molecule has 0 aliphatic rings. The minimum absolute atomic E-state index is 0.0739. The van der Waals surface area contributed by atoms with Crippen molar-refractivity contribution in [2.24, 2.45) is 0 Å². The molecule has 0 unspecified atom stereocenters. The molecule has 0 atom stereocenters. The summed E-state index contributed by atoms with van der Waals surface area (Å²) in [6, 6.07) is 8.52. The highest BCUT2D eigenvalue weighted by Gasteiger charge is 2.15. The third kappa shape index (κ3) is 2.00. The van der Waals surface area contributed by atoms with Gasteiger partial charge in [-0.25, -0.2) is 9.37 Å². The van der Waals surface area contributed by atoms with Crippen molar-refractivity contribution in [1.82, 2.24) is 9.97 Å². The molecule has 0 saturated carbocycles. The summed E-state index contributed by atoms with van der Waals surface area (Å²) in [6.07, 6.45) is 0. The Morgan fingerprint density at radius 3 is 2.80 bits per heavy atom. The number of nitro groups is 1. The molecule has 0 amide bonds. The average molecular weight is 292 g/mol. The van der Waals surface area contributed by atoms with Crippen LogP contribution < -0.4 is 0 Å². The summed E-state index contributed by atoms with van der Waals surface area (Å²) < 4.78 is 13.8. The number of H-pyrrole nitrogens is 1. The molecular formula is C13H7ClFN3O2. The summed E-state index contributed by atoms with van der Waals surface area (Å²) >= 11 is 5.97. The van der Waals surface area contributed by atoms with E-state index in [1.807, 2.05) is 0 Å². The highest BCUT2D eigenvalue weighted by atomic mass is 35.5. The number of non-ortho nitro benzene ring substituents is 1. The first kappa shape index (κ1) is 12.6. The van der Waals surface area contributed by atoms with Gasteiger partial charge in [-0.15, -0.1) is 0 Å². The molecule has 0 spiro atoms. The summed E-state index contributed by atoms with van der Waals surface area (Å²) in [7, 11) is 0. The molecule has 0 fully saturated rings. The SMILES string of the molecule is O=[N+]([O-])c1ccc2[nH]c(-c3c(F)cccc3Cl)nc2c1. The second-order valence-corrected chi connectivity index (χ2v) is 4.55. The van der Waals surface area contributed by atoms with Gasteiger partial charge in [0.05, 0.1) is 26.5 Å². The number of benzene rings is 2. The van der Waals surface area contributed by atoms with Gasteiger partial charge in [0.1, 0.15) is 11.6 Å². The van der Waals surface area contributed by atoms with Crippen LogP contribution in [0.3, 0.4) is 0 Å². The maximum absolute atomic E-state index is 13.8. The predicted molar refractivity (Wildman–Crippen MR) is 73.2 cm³/mol. The summed E-state index contributed by atoms with van der Waals surface area (Å²) in [5.41, 5.74) is 1.03. The number of fused-ring (bicyclic) bond motifs is 1. The monoisotopic (exact) mass is 291 g/mol. The molecule has 3 aromatic rings. The number of nitrogens with one attached hydrogen (secondary N) is 1. The number of imidazole rings is 1. The molecule has 100 valence electrons. The van der Waals surface area contributed by atoms with Crippen LogP contribution in [0.5, 0.6) is 0 Å². The molecule has 0 radical (unpaired) electrons. The van der Waals surface area contributed by atoms with Crippen LogP contribution in [0.15, 0.2) is 36.4 Å². The number of nitro benzene ring substituents is 1. The molecule has 0 aliphatic heterocycles. The van der Waals surface area contributed by atoms with Crippen molar-refractivity contribution in [3.8, 4) is 11.4 Å². The molecular weight excluding hydrogens is 285 g/mol. The Hall–Kier alpha value is -2.47. The Balaban J connectivity index is 2.21. The lowest BCUT2D eigenvalue weighted by molar-refractivity contribution is -0.384. The molecule has 5 nitrogen and oxygen atoms in total. The van der Waals surface area contributed by atoms with E-state index in [4.69, 9.17) is 11.6 Å². The number of hydrogen-bond donors (Lipinski definition) is 1. The third-order valence-corrected chi connectivity index (χ3v) is 3.19. The van der Waals surface area contributed by atoms with Crippen LogP contribution in [0.2, 0.25) is 5.02 Å². The first-order chi connectivity index (χ1) is 9.56. The molecule has 7 heteroatoms. The van der Waals surface area contributed by atoms with Crippen molar-refractivity contribution >= 4 is 28.3 Å². The quantitative estimate of drug-likeness (QED) is 0.574. The number of aromatic amines is 1. The van der Waals surface area contributed by atoms with Gasteiger partial charge in [-0.05, 0) is 18.2 Å². The molecule has 0 bridgehead atoms. The van der Waals surface area contributed by atoms with Crippen LogP contribution in [0.4, 0.5) is 10.1 Å². The van der Waals surface area contributed by atoms with Gasteiger partial charge in [0.2, 0.25) is 0 Å². The van der Waals surface area contributed by atoms with Crippen molar-refractivity contribution in [3.63, 3.8) is 0 Å². The highest BCUT2D eigenvalue weighted by molar-refractivity contribution is 6.33. The van der Waals surface area contributed by atoms with E-state index < -0.39 is 10.7 Å². The van der Waals surface area contributed by atoms with Crippen LogP contribution in [0, 0.1) is 15.9 Å². The second-order valence-electron chi connectivity index (χ2n) is 4.14. The Bertz CT molecular complexity index is 811. The smallest absolute Gasteiger partial charge is 0.271 e. The molecule has 3 rings (SSSR count). The Morgan fingerprint density at radius 2 is 2.10 bits per heavy atom. The average Bonchev–Trinajstić information content (AvgIpc) is 2.80. The van der Waals surface area contributed by atoms with E-state index in [0.29, 0.717) is 11.0 Å². The van der Waals surface area contributed by atoms with Crippen LogP contribution >= 0.6 is 11.6 Å². The normalized spacial score (nSPS) is 10.9. The van der Waals surface area contributed by atoms with E-state index in [0.717, 1.165) is 0 Å². The maximum atomic E-state index is 13.8. The highest BCUT2D eigenvalue weighted by Crippen LogP contribution is 2.30. The van der Waals surface area contributed by atoms with Crippen LogP contribution in [-0.4, -0.2) is 14.9 Å². The van der Waals surface area contributed by atoms with E-state index in [9.17, 15) is 14.5 Å². The van der Waals surface area contributed by atoms with E-state index in [-0.39, 0.29) is 22.1 Å². The number of hydrogen-bond acceptors (Lipinski definition) is 3. The molecule has 1 aromatic heterocycles. The van der Waals surface area contributed by atoms with Gasteiger partial charge < -0.3 is 4.98 Å². The molecule has 2 aromatic carbocycles. The zero-order chi connectivity index (χ0) is 14.3. The number of rotatable bonds is 2. The summed E-state index contributed by atoms with van der Waals surface area (Å²) in [5.74, 6) is -0.269. The fourth-order valence-electron chi connectivity index (χ4n) is 1.95. The van der Waals surface area contributed by atoms with Crippen LogP contribution in [0.1, 0.15) is 0 Å². The molecule has 1 heterocycles. The van der Waals surface area contributed by atoms with E-state index >= 15 is 0 Å². The van der Waals surface area contributed by atoms with Gasteiger partial charge in [-0.3, -0.25) is 10.1 Å². The summed E-state index contributed by atoms with van der Waals surface area (Å²) in [4.78, 5) is 17.3. The zero-order valence-corrected chi connectivity index (χ0v) is 10.7. The lowest BCUT2D eigenvalue weighted by atomic mass is 10.2. The minimum Gasteiger partial charge on any atom is -0.338 e. The van der Waals surface area contributed by atoms with Gasteiger partial charge in [0.15, 0.2) is 0 Å². The summed E-state index contributed by atoms with van der Waals surface area (Å²) in [6.45, 7) is 0. The van der Waals surface area contributed by atoms with Gasteiger partial charge in [-0.1, -0.05) is 17.7 Å². The second kappa shape index (κ2) is 4.57. The van der Waals surface area contributed by atoms with Crippen molar-refractivity contribution in [2.75, 3.05) is 0 Å². The van der Waals surface area contributed by atoms with Crippen molar-refractivity contribution in [1.29, 1.82) is 0 Å².